The molecule has 0 heterocycles. The van der Waals surface area contributed by atoms with E-state index in [-0.39, 0.29) is 31.1 Å². The summed E-state index contributed by atoms with van der Waals surface area (Å²) in [5.41, 5.74) is 0. The van der Waals surface area contributed by atoms with E-state index in [2.05, 4.69) is 130 Å². The van der Waals surface area contributed by atoms with E-state index >= 15 is 0 Å². The lowest BCUT2D eigenvalue weighted by Crippen LogP contribution is -2.30. The molecule has 0 saturated heterocycles. The van der Waals surface area contributed by atoms with Gasteiger partial charge in [-0.15, -0.1) is 0 Å². The van der Waals surface area contributed by atoms with Crippen LogP contribution in [0.15, 0.2) is 109 Å². The normalized spacial score (nSPS) is 12.8. The van der Waals surface area contributed by atoms with Crippen LogP contribution in [0.25, 0.3) is 0 Å². The Balaban J connectivity index is 4.06. The topological polar surface area (TPSA) is 78.9 Å². The third kappa shape index (κ3) is 68.7. The van der Waals surface area contributed by atoms with Gasteiger partial charge in [0.1, 0.15) is 13.2 Å². The van der Waals surface area contributed by atoms with Crippen molar-refractivity contribution in [3.05, 3.63) is 109 Å². The van der Waals surface area contributed by atoms with Crippen LogP contribution in [-0.2, 0) is 28.6 Å². The van der Waals surface area contributed by atoms with Crippen LogP contribution in [0, 0.1) is 0 Å². The lowest BCUT2D eigenvalue weighted by molar-refractivity contribution is -0.167. The highest BCUT2D eigenvalue weighted by atomic mass is 16.6. The van der Waals surface area contributed by atoms with E-state index in [0.717, 1.165) is 116 Å². The van der Waals surface area contributed by atoms with E-state index in [9.17, 15) is 14.4 Å². The summed E-state index contributed by atoms with van der Waals surface area (Å²) in [5, 5.41) is 0. The summed E-state index contributed by atoms with van der Waals surface area (Å²) < 4.78 is 16.9. The molecule has 6 heteroatoms. The summed E-state index contributed by atoms with van der Waals surface area (Å²) in [5.74, 6) is -0.868. The van der Waals surface area contributed by atoms with Crippen molar-refractivity contribution in [1.82, 2.24) is 0 Å². The van der Waals surface area contributed by atoms with Gasteiger partial charge in [0.15, 0.2) is 6.10 Å². The first-order chi connectivity index (χ1) is 41.0. The van der Waals surface area contributed by atoms with Gasteiger partial charge in [-0.3, -0.25) is 14.4 Å². The minimum atomic E-state index is -0.776. The highest BCUT2D eigenvalue weighted by Gasteiger charge is 2.19. The fourth-order valence-electron chi connectivity index (χ4n) is 10.1. The van der Waals surface area contributed by atoms with Crippen molar-refractivity contribution in [1.29, 1.82) is 0 Å². The van der Waals surface area contributed by atoms with Gasteiger partial charge in [0.05, 0.1) is 0 Å². The summed E-state index contributed by atoms with van der Waals surface area (Å²) in [4.78, 5) is 38.2. The molecule has 0 amide bonds. The maximum absolute atomic E-state index is 12.9. The van der Waals surface area contributed by atoms with E-state index in [4.69, 9.17) is 14.2 Å². The van der Waals surface area contributed by atoms with Gasteiger partial charge in [0.25, 0.3) is 0 Å². The third-order valence-corrected chi connectivity index (χ3v) is 15.3. The van der Waals surface area contributed by atoms with Crippen LogP contribution in [0.5, 0.6) is 0 Å². The smallest absolute Gasteiger partial charge is 0.306 e. The number of esters is 3. The van der Waals surface area contributed by atoms with Crippen LogP contribution in [0.4, 0.5) is 0 Å². The number of ether oxygens (including phenoxy) is 3. The molecule has 0 fully saturated rings. The summed E-state index contributed by atoms with van der Waals surface area (Å²) >= 11 is 0. The highest BCUT2D eigenvalue weighted by Crippen LogP contribution is 2.17. The van der Waals surface area contributed by atoms with Gasteiger partial charge < -0.3 is 14.2 Å². The molecule has 476 valence electrons. The Morgan fingerprint density at radius 3 is 0.735 bits per heavy atom. The zero-order valence-electron chi connectivity index (χ0n) is 54.7. The molecule has 83 heavy (non-hydrogen) atoms. The number of allylic oxidation sites excluding steroid dienone is 18. The minimum absolute atomic E-state index is 0.0743. The number of hydrogen-bond donors (Lipinski definition) is 0. The van der Waals surface area contributed by atoms with Crippen molar-refractivity contribution in [2.24, 2.45) is 0 Å². The molecule has 0 N–H and O–H groups in total. The molecule has 0 bridgehead atoms. The van der Waals surface area contributed by atoms with E-state index in [1.807, 2.05) is 0 Å². The second kappa shape index (κ2) is 70.6. The molecule has 1 unspecified atom stereocenters. The summed E-state index contributed by atoms with van der Waals surface area (Å²) in [6, 6.07) is 0. The van der Waals surface area contributed by atoms with Crippen molar-refractivity contribution in [3.63, 3.8) is 0 Å². The van der Waals surface area contributed by atoms with Crippen LogP contribution < -0.4 is 0 Å². The Morgan fingerprint density at radius 1 is 0.253 bits per heavy atom. The SMILES string of the molecule is CC/C=C\C/C=C\C/C=C\C/C=C\C/C=C\CCCCCCCCCCCCCCCCCC(=O)OCC(COC(=O)CCCCCCCCC)OC(=O)CCCCCCCCCCCCCCCC/C=C\C/C=C\C/C=C\C/C=C\CC. The molecule has 0 aromatic carbocycles. The minimum Gasteiger partial charge on any atom is -0.462 e. The van der Waals surface area contributed by atoms with Gasteiger partial charge in [-0.1, -0.05) is 329 Å². The fraction of sp³-hybridized carbons (Fsp3) is 0.727. The van der Waals surface area contributed by atoms with Crippen LogP contribution in [-0.4, -0.2) is 37.2 Å². The molecule has 0 rings (SSSR count). The average Bonchev–Trinajstić information content (AvgIpc) is 3.50. The van der Waals surface area contributed by atoms with Crippen LogP contribution in [0.3, 0.4) is 0 Å². The number of hydrogen-bond acceptors (Lipinski definition) is 6. The van der Waals surface area contributed by atoms with E-state index in [1.54, 1.807) is 0 Å². The molecule has 0 aliphatic rings. The molecule has 0 saturated carbocycles. The van der Waals surface area contributed by atoms with Crippen LogP contribution in [0.2, 0.25) is 0 Å². The zero-order chi connectivity index (χ0) is 59.9. The maximum atomic E-state index is 12.9. The van der Waals surface area contributed by atoms with Crippen molar-refractivity contribution in [2.45, 2.75) is 348 Å². The molecule has 0 aliphatic heterocycles. The third-order valence-electron chi connectivity index (χ3n) is 15.3. The van der Waals surface area contributed by atoms with Gasteiger partial charge in [0, 0.05) is 19.3 Å². The second-order valence-electron chi connectivity index (χ2n) is 23.4. The van der Waals surface area contributed by atoms with E-state index < -0.39 is 6.10 Å². The molecular formula is C77H132O6. The van der Waals surface area contributed by atoms with Gasteiger partial charge in [-0.05, 0) is 103 Å². The zero-order valence-corrected chi connectivity index (χ0v) is 54.7. The van der Waals surface area contributed by atoms with Gasteiger partial charge in [-0.2, -0.15) is 0 Å². The monoisotopic (exact) mass is 1150 g/mol. The highest BCUT2D eigenvalue weighted by molar-refractivity contribution is 5.71. The number of carbonyl (C=O) groups is 3. The summed E-state index contributed by atoms with van der Waals surface area (Å²) in [7, 11) is 0. The van der Waals surface area contributed by atoms with E-state index in [1.165, 1.54) is 186 Å². The van der Waals surface area contributed by atoms with Gasteiger partial charge >= 0.3 is 17.9 Å². The van der Waals surface area contributed by atoms with E-state index in [0.29, 0.717) is 19.3 Å². The average molecular weight is 1150 g/mol. The quantitative estimate of drug-likeness (QED) is 0.0261. The summed E-state index contributed by atoms with van der Waals surface area (Å²) in [6.07, 6.45) is 97.2. The standard InChI is InChI=1S/C77H132O6/c1-4-7-10-13-16-18-20-22-24-26-28-30-32-34-36-37-38-39-41-42-44-46-48-50-52-54-56-58-61-64-67-70-76(79)82-73-74(72-81-75(78)69-66-63-60-15-12-9-6-3)83-77(80)71-68-65-62-59-57-55-53-51-49-47-45-43-40-35-33-31-29-27-25-23-21-19-17-14-11-8-5-2/h7-8,10-11,16-19,22-25,28-31,34,36,74H,4-6,9,12-15,20-21,26-27,32-33,35,37-73H2,1-3H3/b10-7-,11-8-,18-16-,19-17-,24-22-,25-23-,30-28-,31-29-,36-34-. The van der Waals surface area contributed by atoms with Gasteiger partial charge in [0.2, 0.25) is 0 Å². The summed E-state index contributed by atoms with van der Waals surface area (Å²) in [6.45, 7) is 6.41. The van der Waals surface area contributed by atoms with Crippen LogP contribution in [0.1, 0.15) is 342 Å². The first kappa shape index (κ1) is 79.1. The predicted molar refractivity (Wildman–Crippen MR) is 362 cm³/mol. The fourth-order valence-corrected chi connectivity index (χ4v) is 10.1. The number of carbonyl (C=O) groups excluding carboxylic acids is 3. The van der Waals surface area contributed by atoms with Crippen molar-refractivity contribution < 1.29 is 28.6 Å². The maximum Gasteiger partial charge on any atom is 0.306 e. The molecule has 0 spiro atoms. The van der Waals surface area contributed by atoms with Gasteiger partial charge in [-0.25, -0.2) is 0 Å². The molecule has 6 nitrogen and oxygen atoms in total. The number of rotatable bonds is 64. The number of unbranched alkanes of at least 4 members (excludes halogenated alkanes) is 35. The Morgan fingerprint density at radius 2 is 0.470 bits per heavy atom. The van der Waals surface area contributed by atoms with Crippen molar-refractivity contribution in [2.75, 3.05) is 13.2 Å². The Bertz CT molecular complexity index is 1660. The second-order valence-corrected chi connectivity index (χ2v) is 23.4. The van der Waals surface area contributed by atoms with Crippen molar-refractivity contribution in [3.8, 4) is 0 Å². The molecular weight excluding hydrogens is 1020 g/mol. The lowest BCUT2D eigenvalue weighted by atomic mass is 10.0. The van der Waals surface area contributed by atoms with Crippen LogP contribution >= 0.6 is 0 Å². The molecule has 0 aliphatic carbocycles. The lowest BCUT2D eigenvalue weighted by Gasteiger charge is -2.18. The predicted octanol–water partition coefficient (Wildman–Crippen LogP) is 24.6. The Labute approximate surface area is 514 Å². The first-order valence-electron chi connectivity index (χ1n) is 35.4. The first-order valence-corrected chi connectivity index (χ1v) is 35.4. The Kier molecular flexibility index (Phi) is 67.2. The molecule has 0 radical (unpaired) electrons. The molecule has 0 aromatic rings. The molecule has 1 atom stereocenters. The molecule has 0 aromatic heterocycles. The Hall–Kier alpha value is -3.93. The largest absolute Gasteiger partial charge is 0.462 e. The van der Waals surface area contributed by atoms with Crippen molar-refractivity contribution >= 4 is 17.9 Å².